The van der Waals surface area contributed by atoms with E-state index in [1.54, 1.807) is 13.4 Å². The minimum Gasteiger partial charge on any atom is -0.497 e. The maximum absolute atomic E-state index is 12.2. The van der Waals surface area contributed by atoms with Gasteiger partial charge in [0.1, 0.15) is 17.1 Å². The maximum Gasteiger partial charge on any atom is 0.228 e. The fraction of sp³-hybridized carbons (Fsp3) is 0.211. The topological polar surface area (TPSA) is 60.7 Å². The van der Waals surface area contributed by atoms with Crippen molar-refractivity contribution in [3.8, 4) is 11.5 Å². The van der Waals surface area contributed by atoms with Gasteiger partial charge >= 0.3 is 0 Å². The number of anilines is 1. The lowest BCUT2D eigenvalue weighted by molar-refractivity contribution is -0.115. The van der Waals surface area contributed by atoms with Crippen molar-refractivity contribution >= 4 is 22.6 Å². The average Bonchev–Trinajstić information content (AvgIpc) is 2.99. The predicted molar refractivity (Wildman–Crippen MR) is 92.7 cm³/mol. The summed E-state index contributed by atoms with van der Waals surface area (Å²) in [6.07, 6.45) is 1.86. The van der Waals surface area contributed by atoms with Gasteiger partial charge in [-0.3, -0.25) is 4.79 Å². The lowest BCUT2D eigenvalue weighted by Gasteiger charge is -2.07. The highest BCUT2D eigenvalue weighted by atomic mass is 16.5. The molecule has 0 aliphatic heterocycles. The smallest absolute Gasteiger partial charge is 0.228 e. The summed E-state index contributed by atoms with van der Waals surface area (Å²) in [7, 11) is 1.61. The Bertz CT molecular complexity index is 836. The zero-order chi connectivity index (χ0) is 16.9. The summed E-state index contributed by atoms with van der Waals surface area (Å²) >= 11 is 0. The first-order chi connectivity index (χ1) is 11.7. The van der Waals surface area contributed by atoms with E-state index in [1.165, 1.54) is 0 Å². The summed E-state index contributed by atoms with van der Waals surface area (Å²) in [6, 6.07) is 12.9. The van der Waals surface area contributed by atoms with Gasteiger partial charge in [0.25, 0.3) is 0 Å². The Hall–Kier alpha value is -2.95. The summed E-state index contributed by atoms with van der Waals surface area (Å²) < 4.78 is 16.1. The standard InChI is InChI=1S/C19H19NO4/c1-3-23-15-6-4-14(5-7-15)20-19(21)10-13-12-24-18-11-16(22-2)8-9-17(13)18/h4-9,11-12H,3,10H2,1-2H3,(H,20,21). The molecule has 124 valence electrons. The molecule has 0 aliphatic rings. The number of carbonyl (C=O) groups excluding carboxylic acids is 1. The number of fused-ring (bicyclic) bond motifs is 1. The first-order valence-corrected chi connectivity index (χ1v) is 7.76. The van der Waals surface area contributed by atoms with Gasteiger partial charge in [0, 0.05) is 22.7 Å². The van der Waals surface area contributed by atoms with E-state index in [9.17, 15) is 4.79 Å². The average molecular weight is 325 g/mol. The normalized spacial score (nSPS) is 10.6. The Kier molecular flexibility index (Phi) is 4.70. The van der Waals surface area contributed by atoms with Crippen molar-refractivity contribution in [1.29, 1.82) is 0 Å². The molecule has 5 heteroatoms. The number of benzene rings is 2. The molecule has 0 bridgehead atoms. The molecule has 0 saturated carbocycles. The van der Waals surface area contributed by atoms with Gasteiger partial charge in [-0.2, -0.15) is 0 Å². The SMILES string of the molecule is CCOc1ccc(NC(=O)Cc2coc3cc(OC)ccc23)cc1. The van der Waals surface area contributed by atoms with Crippen molar-refractivity contribution in [3.05, 3.63) is 54.3 Å². The summed E-state index contributed by atoms with van der Waals surface area (Å²) in [6.45, 7) is 2.55. The highest BCUT2D eigenvalue weighted by molar-refractivity contribution is 5.95. The van der Waals surface area contributed by atoms with Crippen molar-refractivity contribution in [2.75, 3.05) is 19.0 Å². The molecule has 1 N–H and O–H groups in total. The lowest BCUT2D eigenvalue weighted by atomic mass is 10.1. The molecular formula is C19H19NO4. The van der Waals surface area contributed by atoms with E-state index in [-0.39, 0.29) is 12.3 Å². The van der Waals surface area contributed by atoms with Crippen LogP contribution in [0.25, 0.3) is 11.0 Å². The number of furan rings is 1. The van der Waals surface area contributed by atoms with Crippen LogP contribution in [0.2, 0.25) is 0 Å². The fourth-order valence-corrected chi connectivity index (χ4v) is 2.51. The van der Waals surface area contributed by atoms with Crippen molar-refractivity contribution in [2.24, 2.45) is 0 Å². The first kappa shape index (κ1) is 15.9. The van der Waals surface area contributed by atoms with Gasteiger partial charge in [-0.25, -0.2) is 0 Å². The third kappa shape index (κ3) is 3.51. The second-order valence-corrected chi connectivity index (χ2v) is 5.31. The Morgan fingerprint density at radius 3 is 2.58 bits per heavy atom. The second kappa shape index (κ2) is 7.08. The van der Waals surface area contributed by atoms with E-state index in [0.29, 0.717) is 12.2 Å². The van der Waals surface area contributed by atoms with E-state index in [0.717, 1.165) is 28.1 Å². The van der Waals surface area contributed by atoms with Crippen LogP contribution in [0.3, 0.4) is 0 Å². The van der Waals surface area contributed by atoms with Crippen LogP contribution >= 0.6 is 0 Å². The molecule has 1 aromatic heterocycles. The van der Waals surface area contributed by atoms with E-state index in [2.05, 4.69) is 5.32 Å². The van der Waals surface area contributed by atoms with Crippen molar-refractivity contribution < 1.29 is 18.7 Å². The Labute approximate surface area is 140 Å². The number of carbonyl (C=O) groups is 1. The number of nitrogens with one attached hydrogen (secondary N) is 1. The molecule has 0 spiro atoms. The highest BCUT2D eigenvalue weighted by Crippen LogP contribution is 2.26. The highest BCUT2D eigenvalue weighted by Gasteiger charge is 2.11. The van der Waals surface area contributed by atoms with Crippen LogP contribution in [0.1, 0.15) is 12.5 Å². The van der Waals surface area contributed by atoms with Gasteiger partial charge in [-0.15, -0.1) is 0 Å². The molecule has 0 unspecified atom stereocenters. The van der Waals surface area contributed by atoms with Crippen molar-refractivity contribution in [3.63, 3.8) is 0 Å². The fourth-order valence-electron chi connectivity index (χ4n) is 2.51. The van der Waals surface area contributed by atoms with E-state index in [1.807, 2.05) is 49.4 Å². The Morgan fingerprint density at radius 1 is 1.12 bits per heavy atom. The van der Waals surface area contributed by atoms with E-state index in [4.69, 9.17) is 13.9 Å². The van der Waals surface area contributed by atoms with E-state index >= 15 is 0 Å². The summed E-state index contributed by atoms with van der Waals surface area (Å²) in [5.74, 6) is 1.41. The molecule has 0 radical (unpaired) electrons. The molecule has 0 aliphatic carbocycles. The predicted octanol–water partition coefficient (Wildman–Crippen LogP) is 4.02. The van der Waals surface area contributed by atoms with Gasteiger partial charge in [0.2, 0.25) is 5.91 Å². The molecule has 0 saturated heterocycles. The third-order valence-corrected chi connectivity index (χ3v) is 3.66. The molecule has 3 aromatic rings. The summed E-state index contributed by atoms with van der Waals surface area (Å²) in [4.78, 5) is 12.2. The molecular weight excluding hydrogens is 306 g/mol. The third-order valence-electron chi connectivity index (χ3n) is 3.66. The van der Waals surface area contributed by atoms with Crippen LogP contribution in [0.15, 0.2) is 53.1 Å². The van der Waals surface area contributed by atoms with Gasteiger partial charge in [-0.05, 0) is 43.3 Å². The van der Waals surface area contributed by atoms with Crippen LogP contribution in [-0.2, 0) is 11.2 Å². The molecule has 1 heterocycles. The number of hydrogen-bond acceptors (Lipinski definition) is 4. The molecule has 0 fully saturated rings. The maximum atomic E-state index is 12.2. The first-order valence-electron chi connectivity index (χ1n) is 7.76. The largest absolute Gasteiger partial charge is 0.497 e. The van der Waals surface area contributed by atoms with Gasteiger partial charge in [0.05, 0.1) is 26.4 Å². The minimum absolute atomic E-state index is 0.0994. The van der Waals surface area contributed by atoms with Crippen LogP contribution in [0, 0.1) is 0 Å². The molecule has 24 heavy (non-hydrogen) atoms. The van der Waals surface area contributed by atoms with Gasteiger partial charge in [0.15, 0.2) is 0 Å². The number of ether oxygens (including phenoxy) is 2. The Balaban J connectivity index is 1.68. The molecule has 5 nitrogen and oxygen atoms in total. The van der Waals surface area contributed by atoms with Crippen LogP contribution in [-0.4, -0.2) is 19.6 Å². The number of hydrogen-bond donors (Lipinski definition) is 1. The van der Waals surface area contributed by atoms with Crippen LogP contribution < -0.4 is 14.8 Å². The zero-order valence-corrected chi connectivity index (χ0v) is 13.7. The zero-order valence-electron chi connectivity index (χ0n) is 13.7. The quantitative estimate of drug-likeness (QED) is 0.743. The summed E-state index contributed by atoms with van der Waals surface area (Å²) in [5, 5.41) is 3.79. The summed E-state index contributed by atoms with van der Waals surface area (Å²) in [5.41, 5.74) is 2.28. The molecule has 0 atom stereocenters. The minimum atomic E-state index is -0.0994. The van der Waals surface area contributed by atoms with Crippen molar-refractivity contribution in [2.45, 2.75) is 13.3 Å². The second-order valence-electron chi connectivity index (χ2n) is 5.31. The van der Waals surface area contributed by atoms with Crippen LogP contribution in [0.5, 0.6) is 11.5 Å². The number of amides is 1. The molecule has 3 rings (SSSR count). The molecule has 2 aromatic carbocycles. The Morgan fingerprint density at radius 2 is 1.88 bits per heavy atom. The number of methoxy groups -OCH3 is 1. The number of rotatable bonds is 6. The van der Waals surface area contributed by atoms with Crippen molar-refractivity contribution in [1.82, 2.24) is 0 Å². The monoisotopic (exact) mass is 325 g/mol. The van der Waals surface area contributed by atoms with Gasteiger partial charge in [-0.1, -0.05) is 0 Å². The lowest BCUT2D eigenvalue weighted by Crippen LogP contribution is -2.14. The van der Waals surface area contributed by atoms with Crippen LogP contribution in [0.4, 0.5) is 5.69 Å². The van der Waals surface area contributed by atoms with E-state index < -0.39 is 0 Å². The van der Waals surface area contributed by atoms with Gasteiger partial charge < -0.3 is 19.2 Å². The molecule has 1 amide bonds.